The number of fused-ring (bicyclic) bond motifs is 2. The minimum Gasteiger partial charge on any atom is -0.460 e. The zero-order valence-electron chi connectivity index (χ0n) is 18.5. The number of hydrogen-bond donors (Lipinski definition) is 0. The molecule has 1 unspecified atom stereocenters. The van der Waals surface area contributed by atoms with Crippen LogP contribution in [0.1, 0.15) is 33.3 Å². The molecule has 1 heterocycles. The third-order valence-corrected chi connectivity index (χ3v) is 7.25. The monoisotopic (exact) mass is 460 g/mol. The molecule has 0 radical (unpaired) electrons. The molecule has 6 heteroatoms. The van der Waals surface area contributed by atoms with Gasteiger partial charge in [0.05, 0.1) is 22.3 Å². The molecule has 0 saturated carbocycles. The highest BCUT2D eigenvalue weighted by molar-refractivity contribution is 7.99. The first-order valence-corrected chi connectivity index (χ1v) is 12.2. The first-order chi connectivity index (χ1) is 15.3. The van der Waals surface area contributed by atoms with E-state index in [9.17, 15) is 10.1 Å². The molecule has 0 fully saturated rings. The van der Waals surface area contributed by atoms with Crippen LogP contribution in [0.5, 0.6) is 0 Å². The lowest BCUT2D eigenvalue weighted by Crippen LogP contribution is -2.28. The van der Waals surface area contributed by atoms with E-state index in [-0.39, 0.29) is 11.9 Å². The normalized spacial score (nSPS) is 12.6. The molecule has 0 bridgehead atoms. The van der Waals surface area contributed by atoms with Crippen LogP contribution in [0.2, 0.25) is 0 Å². The van der Waals surface area contributed by atoms with Gasteiger partial charge < -0.3 is 4.74 Å². The SMILES string of the molecule is CC(CSc1ccc2cnsc2c1-c1ccc(C#N)c2ccccc12)C(=O)OC(C)(C)C. The number of aromatic nitrogens is 1. The average Bonchev–Trinajstić information content (AvgIpc) is 3.24. The van der Waals surface area contributed by atoms with Crippen molar-refractivity contribution in [3.05, 3.63) is 60.3 Å². The second-order valence-electron chi connectivity index (χ2n) is 8.75. The molecule has 1 aromatic heterocycles. The van der Waals surface area contributed by atoms with Crippen LogP contribution in [-0.2, 0) is 9.53 Å². The lowest BCUT2D eigenvalue weighted by atomic mass is 9.95. The Morgan fingerprint density at radius 3 is 2.62 bits per heavy atom. The molecule has 32 heavy (non-hydrogen) atoms. The van der Waals surface area contributed by atoms with Gasteiger partial charge in [-0.05, 0) is 55.4 Å². The fraction of sp³-hybridized carbons (Fsp3) is 0.269. The van der Waals surface area contributed by atoms with E-state index in [0.717, 1.165) is 36.9 Å². The Labute approximate surface area is 196 Å². The van der Waals surface area contributed by atoms with Gasteiger partial charge in [-0.25, -0.2) is 0 Å². The van der Waals surface area contributed by atoms with Crippen molar-refractivity contribution in [3.63, 3.8) is 0 Å². The summed E-state index contributed by atoms with van der Waals surface area (Å²) < 4.78 is 11.1. The summed E-state index contributed by atoms with van der Waals surface area (Å²) in [5.41, 5.74) is 2.34. The van der Waals surface area contributed by atoms with Gasteiger partial charge in [0.2, 0.25) is 0 Å². The predicted molar refractivity (Wildman–Crippen MR) is 133 cm³/mol. The molecule has 4 nitrogen and oxygen atoms in total. The summed E-state index contributed by atoms with van der Waals surface area (Å²) in [4.78, 5) is 13.6. The number of nitrogens with zero attached hydrogens (tertiary/aromatic N) is 2. The van der Waals surface area contributed by atoms with Gasteiger partial charge in [0.1, 0.15) is 5.60 Å². The zero-order chi connectivity index (χ0) is 22.9. The Kier molecular flexibility index (Phi) is 6.23. The number of nitriles is 1. The third kappa shape index (κ3) is 4.50. The van der Waals surface area contributed by atoms with E-state index >= 15 is 0 Å². The van der Waals surface area contributed by atoms with Crippen molar-refractivity contribution < 1.29 is 9.53 Å². The van der Waals surface area contributed by atoms with Crippen molar-refractivity contribution in [1.29, 1.82) is 5.26 Å². The van der Waals surface area contributed by atoms with E-state index in [1.165, 1.54) is 11.5 Å². The Hall–Kier alpha value is -2.88. The fourth-order valence-electron chi connectivity index (χ4n) is 3.59. The summed E-state index contributed by atoms with van der Waals surface area (Å²) in [5.74, 6) is 0.191. The van der Waals surface area contributed by atoms with Gasteiger partial charge in [0.25, 0.3) is 0 Å². The van der Waals surface area contributed by atoms with Crippen LogP contribution in [0.15, 0.2) is 59.6 Å². The number of rotatable bonds is 5. The molecule has 0 amide bonds. The summed E-state index contributed by atoms with van der Waals surface area (Å²) in [7, 11) is 0. The molecule has 0 spiro atoms. The second-order valence-corrected chi connectivity index (χ2v) is 10.6. The van der Waals surface area contributed by atoms with Gasteiger partial charge in [0, 0.05) is 33.2 Å². The quantitative estimate of drug-likeness (QED) is 0.236. The molecular formula is C26H24N2O2S2. The molecule has 0 saturated heterocycles. The van der Waals surface area contributed by atoms with Crippen LogP contribution in [0.25, 0.3) is 32.0 Å². The van der Waals surface area contributed by atoms with E-state index in [0.29, 0.717) is 11.3 Å². The molecule has 162 valence electrons. The van der Waals surface area contributed by atoms with Crippen LogP contribution in [0.4, 0.5) is 0 Å². The summed E-state index contributed by atoms with van der Waals surface area (Å²) in [5, 5.41) is 12.6. The summed E-state index contributed by atoms with van der Waals surface area (Å²) in [6.45, 7) is 7.56. The lowest BCUT2D eigenvalue weighted by molar-refractivity contribution is -0.158. The molecule has 0 aliphatic carbocycles. The lowest BCUT2D eigenvalue weighted by Gasteiger charge is -2.22. The minimum atomic E-state index is -0.496. The number of carbonyl (C=O) groups is 1. The fourth-order valence-corrected chi connectivity index (χ4v) is 5.55. The number of benzene rings is 3. The average molecular weight is 461 g/mol. The first-order valence-electron chi connectivity index (χ1n) is 10.4. The van der Waals surface area contributed by atoms with Gasteiger partial charge in [0.15, 0.2) is 0 Å². The highest BCUT2D eigenvalue weighted by Crippen LogP contribution is 2.43. The van der Waals surface area contributed by atoms with Crippen LogP contribution >= 0.6 is 23.3 Å². The van der Waals surface area contributed by atoms with Crippen LogP contribution in [0, 0.1) is 17.2 Å². The maximum atomic E-state index is 12.5. The van der Waals surface area contributed by atoms with E-state index < -0.39 is 5.60 Å². The Bertz CT molecular complexity index is 1350. The number of hydrogen-bond acceptors (Lipinski definition) is 6. The Morgan fingerprint density at radius 2 is 1.91 bits per heavy atom. The number of carbonyl (C=O) groups excluding carboxylic acids is 1. The van der Waals surface area contributed by atoms with E-state index in [1.807, 2.05) is 64.2 Å². The molecular weight excluding hydrogens is 436 g/mol. The van der Waals surface area contributed by atoms with Gasteiger partial charge in [-0.15, -0.1) is 11.8 Å². The third-order valence-electron chi connectivity index (χ3n) is 5.10. The van der Waals surface area contributed by atoms with Gasteiger partial charge in [-0.3, -0.25) is 4.79 Å². The molecule has 0 N–H and O–H groups in total. The number of esters is 1. The molecule has 4 aromatic rings. The molecule has 4 rings (SSSR count). The van der Waals surface area contributed by atoms with Gasteiger partial charge >= 0.3 is 5.97 Å². The topological polar surface area (TPSA) is 63.0 Å². The second kappa shape index (κ2) is 8.93. The Morgan fingerprint density at radius 1 is 1.16 bits per heavy atom. The van der Waals surface area contributed by atoms with E-state index in [2.05, 4.69) is 28.6 Å². The Balaban J connectivity index is 1.77. The summed E-state index contributed by atoms with van der Waals surface area (Å²) in [6.07, 6.45) is 1.88. The highest BCUT2D eigenvalue weighted by Gasteiger charge is 2.23. The smallest absolute Gasteiger partial charge is 0.310 e. The highest BCUT2D eigenvalue weighted by atomic mass is 32.2. The molecule has 3 aromatic carbocycles. The van der Waals surface area contributed by atoms with Crippen LogP contribution in [-0.4, -0.2) is 21.7 Å². The maximum absolute atomic E-state index is 12.5. The maximum Gasteiger partial charge on any atom is 0.310 e. The van der Waals surface area contributed by atoms with Gasteiger partial charge in [-0.1, -0.05) is 43.3 Å². The van der Waals surface area contributed by atoms with Crippen LogP contribution < -0.4 is 0 Å². The minimum absolute atomic E-state index is 0.186. The summed E-state index contributed by atoms with van der Waals surface area (Å²) >= 11 is 3.12. The number of ether oxygens (including phenoxy) is 1. The van der Waals surface area contributed by atoms with Crippen molar-refractivity contribution in [3.8, 4) is 17.2 Å². The molecule has 0 aliphatic heterocycles. The van der Waals surface area contributed by atoms with Gasteiger partial charge in [-0.2, -0.15) is 9.64 Å². The van der Waals surface area contributed by atoms with E-state index in [1.54, 1.807) is 11.8 Å². The first kappa shape index (κ1) is 22.3. The van der Waals surface area contributed by atoms with Crippen molar-refractivity contribution in [2.45, 2.75) is 38.2 Å². The van der Waals surface area contributed by atoms with Crippen LogP contribution in [0.3, 0.4) is 0 Å². The summed E-state index contributed by atoms with van der Waals surface area (Å²) in [6, 6.07) is 18.4. The molecule has 0 aliphatic rings. The van der Waals surface area contributed by atoms with Crippen molar-refractivity contribution >= 4 is 50.1 Å². The predicted octanol–water partition coefficient (Wildman–Crippen LogP) is 7.06. The molecule has 1 atom stereocenters. The van der Waals surface area contributed by atoms with Crippen molar-refractivity contribution in [2.75, 3.05) is 5.75 Å². The largest absolute Gasteiger partial charge is 0.460 e. The van der Waals surface area contributed by atoms with Crippen molar-refractivity contribution in [1.82, 2.24) is 4.37 Å². The van der Waals surface area contributed by atoms with Crippen molar-refractivity contribution in [2.24, 2.45) is 5.92 Å². The van der Waals surface area contributed by atoms with E-state index in [4.69, 9.17) is 4.74 Å². The number of thioether (sulfide) groups is 1. The standard InChI is InChI=1S/C26H24N2O2S2/c1-16(25(29)30-26(2,3)4)15-31-22-12-10-18-14-28-32-24(18)23(22)21-11-9-17(13-27)19-7-5-6-8-20(19)21/h5-12,14,16H,15H2,1-4H3. The zero-order valence-corrected chi connectivity index (χ0v) is 20.1.